The second-order valence-corrected chi connectivity index (χ2v) is 8.42. The third kappa shape index (κ3) is 4.25. The van der Waals surface area contributed by atoms with Crippen LogP contribution in [0.4, 0.5) is 0 Å². The van der Waals surface area contributed by atoms with E-state index < -0.39 is 21.3 Å². The lowest BCUT2D eigenvalue weighted by atomic mass is 9.92. The lowest BCUT2D eigenvalue weighted by Gasteiger charge is -2.28. The Hall–Kier alpha value is -1.35. The molecular weight excluding hydrogens is 366 g/mol. The Morgan fingerprint density at radius 1 is 1.24 bits per heavy atom. The number of nitrogens with two attached hydrogens (primary N) is 1. The third-order valence-corrected chi connectivity index (χ3v) is 6.19. The summed E-state index contributed by atoms with van der Waals surface area (Å²) >= 11 is 0. The molecule has 0 bridgehead atoms. The molecule has 140 valence electrons. The van der Waals surface area contributed by atoms with Crippen LogP contribution in [0.5, 0.6) is 0 Å². The van der Waals surface area contributed by atoms with Crippen molar-refractivity contribution in [1.82, 2.24) is 9.29 Å². The van der Waals surface area contributed by atoms with Gasteiger partial charge in [-0.2, -0.15) is 0 Å². The van der Waals surface area contributed by atoms with Gasteiger partial charge in [-0.1, -0.05) is 25.7 Å². The Kier molecular flexibility index (Phi) is 5.98. The van der Waals surface area contributed by atoms with Crippen LogP contribution in [-0.2, 0) is 17.1 Å². The molecule has 3 rings (SSSR count). The number of nitrogens with zero attached hydrogens (tertiary/aromatic N) is 1. The predicted octanol–water partition coefficient (Wildman–Crippen LogP) is 1.88. The first-order valence-corrected chi connectivity index (χ1v) is 9.67. The van der Waals surface area contributed by atoms with Crippen LogP contribution < -0.4 is 16.2 Å². The van der Waals surface area contributed by atoms with Gasteiger partial charge in [0.05, 0.1) is 10.4 Å². The molecule has 1 aliphatic rings. The number of aromatic nitrogens is 1. The quantitative estimate of drug-likeness (QED) is 0.776. The van der Waals surface area contributed by atoms with Gasteiger partial charge in [0.15, 0.2) is 5.58 Å². The zero-order chi connectivity index (χ0) is 17.4. The van der Waals surface area contributed by atoms with E-state index in [2.05, 4.69) is 4.72 Å². The SMILES string of the molecule is Cl.Cn1c(=O)oc2cc(S(=O)(=O)NCC3(N)CCCCCC3)ccc21. The first-order chi connectivity index (χ1) is 11.3. The van der Waals surface area contributed by atoms with Gasteiger partial charge in [-0.05, 0) is 25.0 Å². The van der Waals surface area contributed by atoms with Crippen LogP contribution in [0, 0.1) is 0 Å². The highest BCUT2D eigenvalue weighted by molar-refractivity contribution is 7.89. The molecule has 1 heterocycles. The fraction of sp³-hybridized carbons (Fsp3) is 0.562. The van der Waals surface area contributed by atoms with Gasteiger partial charge in [-0.25, -0.2) is 17.9 Å². The van der Waals surface area contributed by atoms with E-state index >= 15 is 0 Å². The third-order valence-electron chi connectivity index (χ3n) is 4.79. The minimum Gasteiger partial charge on any atom is -0.408 e. The molecule has 0 spiro atoms. The van der Waals surface area contributed by atoms with Gasteiger partial charge in [0.25, 0.3) is 0 Å². The highest BCUT2D eigenvalue weighted by Gasteiger charge is 2.28. The molecule has 0 saturated heterocycles. The molecule has 1 saturated carbocycles. The van der Waals surface area contributed by atoms with E-state index in [-0.39, 0.29) is 29.4 Å². The smallest absolute Gasteiger partial charge is 0.408 e. The maximum atomic E-state index is 12.5. The first kappa shape index (κ1) is 20.0. The van der Waals surface area contributed by atoms with E-state index in [1.807, 2.05) is 0 Å². The van der Waals surface area contributed by atoms with Crippen LogP contribution in [0.25, 0.3) is 11.1 Å². The number of aryl methyl sites for hydroxylation is 1. The molecule has 25 heavy (non-hydrogen) atoms. The highest BCUT2D eigenvalue weighted by Crippen LogP contribution is 2.25. The second kappa shape index (κ2) is 7.49. The molecule has 0 amide bonds. The van der Waals surface area contributed by atoms with Crippen molar-refractivity contribution >= 4 is 33.5 Å². The van der Waals surface area contributed by atoms with Crippen molar-refractivity contribution in [2.75, 3.05) is 6.54 Å². The molecule has 0 unspecified atom stereocenters. The Bertz CT molecular complexity index is 896. The molecule has 0 radical (unpaired) electrons. The molecular formula is C16H24ClN3O4S. The maximum absolute atomic E-state index is 12.5. The number of halogens is 1. The zero-order valence-corrected chi connectivity index (χ0v) is 15.8. The van der Waals surface area contributed by atoms with Crippen LogP contribution in [-0.4, -0.2) is 25.1 Å². The standard InChI is InChI=1S/C16H23N3O4S.ClH/c1-19-13-7-6-12(10-14(13)23-15(19)20)24(21,22)18-11-16(17)8-4-2-3-5-9-16;/h6-7,10,18H,2-5,8-9,11,17H2,1H3;1H. The van der Waals surface area contributed by atoms with E-state index in [1.54, 1.807) is 13.1 Å². The van der Waals surface area contributed by atoms with Crippen LogP contribution in [0.1, 0.15) is 38.5 Å². The van der Waals surface area contributed by atoms with E-state index in [0.717, 1.165) is 38.5 Å². The minimum atomic E-state index is -3.71. The van der Waals surface area contributed by atoms with Crippen molar-refractivity contribution in [1.29, 1.82) is 0 Å². The van der Waals surface area contributed by atoms with Crippen molar-refractivity contribution in [2.24, 2.45) is 12.8 Å². The average molecular weight is 390 g/mol. The molecule has 3 N–H and O–H groups in total. The van der Waals surface area contributed by atoms with Gasteiger partial charge in [0, 0.05) is 25.2 Å². The number of benzene rings is 1. The van der Waals surface area contributed by atoms with E-state index in [1.165, 1.54) is 16.7 Å². The van der Waals surface area contributed by atoms with E-state index in [9.17, 15) is 13.2 Å². The summed E-state index contributed by atoms with van der Waals surface area (Å²) in [6.45, 7) is 0.214. The van der Waals surface area contributed by atoms with Gasteiger partial charge in [-0.3, -0.25) is 4.57 Å². The predicted molar refractivity (Wildman–Crippen MR) is 98.5 cm³/mol. The van der Waals surface area contributed by atoms with Gasteiger partial charge < -0.3 is 10.2 Å². The molecule has 0 aliphatic heterocycles. The number of fused-ring (bicyclic) bond motifs is 1. The zero-order valence-electron chi connectivity index (χ0n) is 14.2. The van der Waals surface area contributed by atoms with Crippen LogP contribution in [0.2, 0.25) is 0 Å². The van der Waals surface area contributed by atoms with E-state index in [4.69, 9.17) is 10.2 Å². The summed E-state index contributed by atoms with van der Waals surface area (Å²) in [5.74, 6) is -0.521. The van der Waals surface area contributed by atoms with Crippen LogP contribution in [0.3, 0.4) is 0 Å². The van der Waals surface area contributed by atoms with Crippen molar-refractivity contribution in [3.63, 3.8) is 0 Å². The van der Waals surface area contributed by atoms with Crippen molar-refractivity contribution in [3.8, 4) is 0 Å². The summed E-state index contributed by atoms with van der Waals surface area (Å²) in [5.41, 5.74) is 6.68. The summed E-state index contributed by atoms with van der Waals surface area (Å²) in [5, 5.41) is 0. The summed E-state index contributed by atoms with van der Waals surface area (Å²) in [7, 11) is -2.13. The molecule has 0 atom stereocenters. The first-order valence-electron chi connectivity index (χ1n) is 8.19. The van der Waals surface area contributed by atoms with Gasteiger partial charge >= 0.3 is 5.76 Å². The topological polar surface area (TPSA) is 107 Å². The maximum Gasteiger partial charge on any atom is 0.419 e. The highest BCUT2D eigenvalue weighted by atomic mass is 35.5. The average Bonchev–Trinajstić information content (AvgIpc) is 2.71. The lowest BCUT2D eigenvalue weighted by molar-refractivity contribution is 0.369. The molecule has 2 aromatic rings. The van der Waals surface area contributed by atoms with Crippen LogP contribution in [0.15, 0.2) is 32.3 Å². The Labute approximate surface area is 153 Å². The lowest BCUT2D eigenvalue weighted by Crippen LogP contribution is -2.49. The molecule has 1 aromatic carbocycles. The Morgan fingerprint density at radius 3 is 2.52 bits per heavy atom. The number of oxazole rings is 1. The molecule has 1 aliphatic carbocycles. The summed E-state index contributed by atoms with van der Waals surface area (Å²) in [4.78, 5) is 11.6. The van der Waals surface area contributed by atoms with Crippen LogP contribution >= 0.6 is 12.4 Å². The van der Waals surface area contributed by atoms with Gasteiger partial charge in [0.2, 0.25) is 10.0 Å². The largest absolute Gasteiger partial charge is 0.419 e. The fourth-order valence-corrected chi connectivity index (χ4v) is 4.37. The summed E-state index contributed by atoms with van der Waals surface area (Å²) < 4.78 is 34.1. The summed E-state index contributed by atoms with van der Waals surface area (Å²) in [6, 6.07) is 4.41. The monoisotopic (exact) mass is 389 g/mol. The Morgan fingerprint density at radius 2 is 1.88 bits per heavy atom. The number of rotatable bonds is 4. The van der Waals surface area contributed by atoms with Gasteiger partial charge in [0.1, 0.15) is 0 Å². The second-order valence-electron chi connectivity index (χ2n) is 6.66. The minimum absolute atomic E-state index is 0. The number of hydrogen-bond donors (Lipinski definition) is 2. The Balaban J connectivity index is 0.00000225. The normalized spacial score (nSPS) is 17.8. The number of hydrogen-bond acceptors (Lipinski definition) is 5. The molecule has 7 nitrogen and oxygen atoms in total. The molecule has 1 fully saturated rings. The molecule has 1 aromatic heterocycles. The van der Waals surface area contributed by atoms with Crippen molar-refractivity contribution in [3.05, 3.63) is 28.7 Å². The molecule has 9 heteroatoms. The number of nitrogens with one attached hydrogen (secondary N) is 1. The van der Waals surface area contributed by atoms with Crippen molar-refractivity contribution in [2.45, 2.75) is 49.0 Å². The fourth-order valence-electron chi connectivity index (χ4n) is 3.21. The van der Waals surface area contributed by atoms with E-state index in [0.29, 0.717) is 5.52 Å². The van der Waals surface area contributed by atoms with Gasteiger partial charge in [-0.15, -0.1) is 12.4 Å². The number of sulfonamides is 1. The summed E-state index contributed by atoms with van der Waals surface area (Å²) in [6.07, 6.45) is 5.99. The van der Waals surface area contributed by atoms with Crippen molar-refractivity contribution < 1.29 is 12.8 Å².